The fourth-order valence-electron chi connectivity index (χ4n) is 6.82. The lowest BCUT2D eigenvalue weighted by molar-refractivity contribution is -0.362. The van der Waals surface area contributed by atoms with Crippen molar-refractivity contribution >= 4 is 22.9 Å². The first kappa shape index (κ1) is 19.7. The molecule has 1 unspecified atom stereocenters. The Balaban J connectivity index is 1.57. The van der Waals surface area contributed by atoms with E-state index in [1.54, 1.807) is 0 Å². The van der Waals surface area contributed by atoms with Crippen LogP contribution in [-0.2, 0) is 4.79 Å². The lowest BCUT2D eigenvalue weighted by atomic mass is 9.56. The molecule has 4 aliphatic rings. The molecule has 1 amide bonds. The van der Waals surface area contributed by atoms with Gasteiger partial charge in [0.1, 0.15) is 5.54 Å². The Morgan fingerprint density at radius 2 is 1.91 bits per heavy atom. The molecule has 5 heteroatoms. The Morgan fingerprint density at radius 1 is 1.12 bits per heavy atom. The molecule has 0 saturated carbocycles. The van der Waals surface area contributed by atoms with Crippen molar-refractivity contribution in [3.63, 3.8) is 0 Å². The van der Waals surface area contributed by atoms with Crippen molar-refractivity contribution in [3.05, 3.63) is 65.4 Å². The Morgan fingerprint density at radius 3 is 2.66 bits per heavy atom. The van der Waals surface area contributed by atoms with Crippen LogP contribution in [0.5, 0.6) is 0 Å². The molecule has 1 aliphatic carbocycles. The summed E-state index contributed by atoms with van der Waals surface area (Å²) in [5.74, 6) is 0.202. The third kappa shape index (κ3) is 2.37. The molecule has 164 valence electrons. The molecule has 2 saturated heterocycles. The zero-order valence-corrected chi connectivity index (χ0v) is 18.9. The fourth-order valence-corrected chi connectivity index (χ4v) is 6.82. The van der Waals surface area contributed by atoms with E-state index in [0.717, 1.165) is 58.5 Å². The van der Waals surface area contributed by atoms with Gasteiger partial charge in [0, 0.05) is 24.6 Å². The zero-order chi connectivity index (χ0) is 22.3. The number of hydrogen-bond acceptors (Lipinski definition) is 3. The van der Waals surface area contributed by atoms with Crippen LogP contribution in [0.3, 0.4) is 0 Å². The number of amides is 1. The number of carbonyl (C=O) groups excluding carboxylic acids is 1. The smallest absolute Gasteiger partial charge is 0.247 e. The summed E-state index contributed by atoms with van der Waals surface area (Å²) in [5, 5.41) is 17.0. The average molecular weight is 428 g/mol. The minimum Gasteiger partial charge on any atom is -0.618 e. The lowest BCUT2D eigenvalue weighted by Gasteiger charge is -2.54. The molecule has 3 atom stereocenters. The van der Waals surface area contributed by atoms with Crippen molar-refractivity contribution in [1.29, 1.82) is 0 Å². The molecule has 3 heterocycles. The maximum atomic E-state index is 13.9. The molecular formula is C27H29N3O2. The number of carbonyl (C=O) groups is 1. The highest BCUT2D eigenvalue weighted by molar-refractivity contribution is 6.29. The number of nitrogens with one attached hydrogen (secondary N) is 1. The number of benzene rings is 2. The van der Waals surface area contributed by atoms with Gasteiger partial charge < -0.3 is 15.4 Å². The van der Waals surface area contributed by atoms with Gasteiger partial charge in [-0.1, -0.05) is 30.3 Å². The van der Waals surface area contributed by atoms with Gasteiger partial charge in [-0.15, -0.1) is 0 Å². The molecule has 6 rings (SSSR count). The highest BCUT2D eigenvalue weighted by atomic mass is 16.5. The van der Waals surface area contributed by atoms with Crippen LogP contribution in [0.1, 0.15) is 38.7 Å². The summed E-state index contributed by atoms with van der Waals surface area (Å²) in [4.78, 5) is 16.0. The molecule has 3 aliphatic heterocycles. The summed E-state index contributed by atoms with van der Waals surface area (Å²) in [6.45, 7) is 5.14. The van der Waals surface area contributed by atoms with Crippen molar-refractivity contribution in [2.45, 2.75) is 44.7 Å². The zero-order valence-electron chi connectivity index (χ0n) is 18.9. The molecule has 0 radical (unpaired) electrons. The van der Waals surface area contributed by atoms with Gasteiger partial charge in [0.2, 0.25) is 17.3 Å². The fraction of sp³-hybridized carbons (Fsp3) is 0.407. The monoisotopic (exact) mass is 427 g/mol. The Labute approximate surface area is 189 Å². The van der Waals surface area contributed by atoms with E-state index < -0.39 is 11.0 Å². The normalized spacial score (nSPS) is 29.9. The molecule has 5 nitrogen and oxygen atoms in total. The van der Waals surface area contributed by atoms with E-state index in [0.29, 0.717) is 5.69 Å². The maximum absolute atomic E-state index is 13.9. The number of likely N-dealkylation sites (N-methyl/N-ethyl adjacent to an activating group) is 1. The van der Waals surface area contributed by atoms with E-state index in [1.165, 1.54) is 0 Å². The van der Waals surface area contributed by atoms with Gasteiger partial charge in [0.15, 0.2) is 0 Å². The molecule has 0 spiro atoms. The van der Waals surface area contributed by atoms with Crippen molar-refractivity contribution in [2.24, 2.45) is 11.3 Å². The van der Waals surface area contributed by atoms with Gasteiger partial charge in [-0.25, -0.2) is 0 Å². The molecule has 2 aromatic carbocycles. The van der Waals surface area contributed by atoms with Gasteiger partial charge in [0.25, 0.3) is 0 Å². The quantitative estimate of drug-likeness (QED) is 0.573. The Bertz CT molecular complexity index is 1200. The number of nitrogens with zero attached hydrogens (tertiary/aromatic N) is 2. The molecule has 2 aromatic rings. The van der Waals surface area contributed by atoms with E-state index in [4.69, 9.17) is 0 Å². The van der Waals surface area contributed by atoms with Crippen molar-refractivity contribution in [3.8, 4) is 11.1 Å². The summed E-state index contributed by atoms with van der Waals surface area (Å²) in [6, 6.07) is 16.6. The number of allylic oxidation sites excluding steroid dienone is 1. The third-order valence-electron chi connectivity index (χ3n) is 8.39. The predicted molar refractivity (Wildman–Crippen MR) is 127 cm³/mol. The van der Waals surface area contributed by atoms with Gasteiger partial charge >= 0.3 is 0 Å². The predicted octanol–water partition coefficient (Wildman–Crippen LogP) is 4.34. The van der Waals surface area contributed by atoms with Crippen molar-refractivity contribution < 1.29 is 9.53 Å². The van der Waals surface area contributed by atoms with E-state index in [9.17, 15) is 10.0 Å². The molecule has 2 fully saturated rings. The largest absolute Gasteiger partial charge is 0.618 e. The SMILES string of the molecule is CN[C@@]12C=C3C(=[N+]([O-])c4ccc(-c5ccccc5)cc43)C(C)(C)C1C[C@@H]1CCCN1C2=O. The topological polar surface area (TPSA) is 58.4 Å². The van der Waals surface area contributed by atoms with Crippen LogP contribution in [0.2, 0.25) is 0 Å². The lowest BCUT2D eigenvalue weighted by Crippen LogP contribution is -2.70. The molecule has 0 bridgehead atoms. The average Bonchev–Trinajstić information content (AvgIpc) is 3.38. The Kier molecular flexibility index (Phi) is 4.04. The van der Waals surface area contributed by atoms with E-state index in [2.05, 4.69) is 48.3 Å². The molecule has 0 aromatic heterocycles. The number of rotatable bonds is 2. The molecule has 1 N–H and O–H groups in total. The summed E-state index contributed by atoms with van der Waals surface area (Å²) in [5.41, 5.74) is 4.28. The summed E-state index contributed by atoms with van der Waals surface area (Å²) >= 11 is 0. The minimum absolute atomic E-state index is 0.0324. The second-order valence-corrected chi connectivity index (χ2v) is 10.2. The Hall–Kier alpha value is -2.92. The third-order valence-corrected chi connectivity index (χ3v) is 8.39. The van der Waals surface area contributed by atoms with Crippen LogP contribution >= 0.6 is 0 Å². The summed E-state index contributed by atoms with van der Waals surface area (Å²) in [7, 11) is 1.89. The number of hydrogen-bond donors (Lipinski definition) is 1. The first-order valence-corrected chi connectivity index (χ1v) is 11.7. The highest BCUT2D eigenvalue weighted by Crippen LogP contribution is 2.55. The molecular weight excluding hydrogens is 398 g/mol. The second-order valence-electron chi connectivity index (χ2n) is 10.2. The van der Waals surface area contributed by atoms with Crippen LogP contribution < -0.4 is 5.32 Å². The summed E-state index contributed by atoms with van der Waals surface area (Å²) < 4.78 is 1.13. The van der Waals surface area contributed by atoms with E-state index >= 15 is 0 Å². The van der Waals surface area contributed by atoms with Crippen LogP contribution in [0.25, 0.3) is 16.7 Å². The van der Waals surface area contributed by atoms with E-state index in [1.807, 2.05) is 37.4 Å². The first-order chi connectivity index (χ1) is 15.4. The van der Waals surface area contributed by atoms with Crippen LogP contribution in [0.4, 0.5) is 5.69 Å². The standard InChI is InChI=1S/C27H29N3O2/c1-26(2)23-15-19-10-7-13-29(19)25(31)27(23,28-3)16-21-20-14-18(17-8-5-4-6-9-17)11-12-22(20)30(32)24(21)26/h4-6,8-9,11-12,14,16,19,23,28H,7,10,13,15H2,1-3H3/t19-,23?,27-/m0/s1. The second kappa shape index (κ2) is 6.55. The van der Waals surface area contributed by atoms with Crippen molar-refractivity contribution in [2.75, 3.05) is 13.6 Å². The van der Waals surface area contributed by atoms with Gasteiger partial charge in [0.05, 0.1) is 16.6 Å². The first-order valence-electron chi connectivity index (χ1n) is 11.7. The number of piperidine rings is 1. The minimum atomic E-state index is -0.783. The van der Waals surface area contributed by atoms with E-state index in [-0.39, 0.29) is 17.9 Å². The van der Waals surface area contributed by atoms with Crippen molar-refractivity contribution in [1.82, 2.24) is 10.2 Å². The number of fused-ring (bicyclic) bond motifs is 5. The van der Waals surface area contributed by atoms with Crippen LogP contribution in [0, 0.1) is 16.5 Å². The van der Waals surface area contributed by atoms with Crippen LogP contribution in [0.15, 0.2) is 54.6 Å². The van der Waals surface area contributed by atoms with Gasteiger partial charge in [-0.05, 0) is 69.5 Å². The van der Waals surface area contributed by atoms with Gasteiger partial charge in [-0.3, -0.25) is 4.79 Å². The van der Waals surface area contributed by atoms with Gasteiger partial charge in [-0.2, -0.15) is 4.74 Å². The highest BCUT2D eigenvalue weighted by Gasteiger charge is 2.64. The van der Waals surface area contributed by atoms with Crippen LogP contribution in [-0.4, -0.2) is 46.4 Å². The summed E-state index contributed by atoms with van der Waals surface area (Å²) in [6.07, 6.45) is 5.13. The molecule has 32 heavy (non-hydrogen) atoms. The maximum Gasteiger partial charge on any atom is 0.247 e.